The Bertz CT molecular complexity index is 1090. The Balaban J connectivity index is 1.67. The van der Waals surface area contributed by atoms with Crippen LogP contribution in [0.3, 0.4) is 0 Å². The number of rotatable bonds is 6. The number of hydrazone groups is 1. The van der Waals surface area contributed by atoms with Gasteiger partial charge in [0.25, 0.3) is 5.91 Å². The van der Waals surface area contributed by atoms with Crippen LogP contribution in [0.15, 0.2) is 47.6 Å². The molecule has 0 aromatic heterocycles. The van der Waals surface area contributed by atoms with Crippen LogP contribution in [-0.2, 0) is 4.79 Å². The normalized spacial score (nSPS) is 14.7. The molecule has 0 aliphatic carbocycles. The number of aryl methyl sites for hydroxylation is 1. The van der Waals surface area contributed by atoms with Crippen molar-refractivity contribution in [1.82, 2.24) is 5.43 Å². The highest BCUT2D eigenvalue weighted by molar-refractivity contribution is 5.90. The number of carbonyl (C=O) groups is 1. The van der Waals surface area contributed by atoms with Crippen molar-refractivity contribution in [2.75, 3.05) is 18.6 Å². The molecule has 8 nitrogen and oxygen atoms in total. The number of nitro groups is 1. The van der Waals surface area contributed by atoms with Crippen LogP contribution in [0.25, 0.3) is 5.57 Å². The van der Waals surface area contributed by atoms with Crippen LogP contribution in [0.1, 0.15) is 37.5 Å². The van der Waals surface area contributed by atoms with Gasteiger partial charge in [-0.25, -0.2) is 5.43 Å². The van der Waals surface area contributed by atoms with Crippen molar-refractivity contribution in [2.24, 2.45) is 5.10 Å². The van der Waals surface area contributed by atoms with Gasteiger partial charge in [0.2, 0.25) is 0 Å². The predicted molar refractivity (Wildman–Crippen MR) is 122 cm³/mol. The first kappa shape index (κ1) is 22.0. The summed E-state index contributed by atoms with van der Waals surface area (Å²) in [5.41, 5.74) is 7.53. The van der Waals surface area contributed by atoms with Gasteiger partial charge in [0.1, 0.15) is 0 Å². The van der Waals surface area contributed by atoms with Gasteiger partial charge in [-0.1, -0.05) is 18.2 Å². The average Bonchev–Trinajstić information content (AvgIpc) is 2.71. The Morgan fingerprint density at radius 3 is 2.71 bits per heavy atom. The standard InChI is InChI=1S/C23H26N4O4/c1-15-10-20-18(16(2)12-23(3,4)26(20)5)11-17(15)13-24-25-22(28)14-31-21-9-7-6-8-19(21)27(29)30/h6-13H,14H2,1-5H3,(H,25,28)/b24-13+. The van der Waals surface area contributed by atoms with Crippen molar-refractivity contribution in [3.05, 3.63) is 69.3 Å². The SMILES string of the molecule is CC1=CC(C)(C)N(C)c2cc(C)c(/C=N/NC(=O)COc3ccccc3[N+](=O)[O-])cc21. The van der Waals surface area contributed by atoms with Crippen molar-refractivity contribution < 1.29 is 14.5 Å². The smallest absolute Gasteiger partial charge is 0.310 e. The second kappa shape index (κ2) is 8.59. The number of fused-ring (bicyclic) bond motifs is 1. The van der Waals surface area contributed by atoms with E-state index < -0.39 is 10.8 Å². The number of nitro benzene ring substituents is 1. The molecule has 3 rings (SSSR count). The fourth-order valence-electron chi connectivity index (χ4n) is 3.54. The summed E-state index contributed by atoms with van der Waals surface area (Å²) in [5, 5.41) is 15.0. The second-order valence-corrected chi connectivity index (χ2v) is 8.07. The van der Waals surface area contributed by atoms with E-state index in [-0.39, 0.29) is 23.6 Å². The summed E-state index contributed by atoms with van der Waals surface area (Å²) in [5.74, 6) is -0.478. The molecule has 0 atom stereocenters. The van der Waals surface area contributed by atoms with Crippen LogP contribution in [0.5, 0.6) is 5.75 Å². The molecule has 0 spiro atoms. The summed E-state index contributed by atoms with van der Waals surface area (Å²) in [6.45, 7) is 8.05. The van der Waals surface area contributed by atoms with Gasteiger partial charge in [-0.15, -0.1) is 0 Å². The largest absolute Gasteiger partial charge is 0.477 e. The van der Waals surface area contributed by atoms with Crippen LogP contribution in [-0.4, -0.2) is 36.2 Å². The van der Waals surface area contributed by atoms with Crippen molar-refractivity contribution in [3.8, 4) is 5.75 Å². The molecule has 0 saturated heterocycles. The maximum Gasteiger partial charge on any atom is 0.310 e. The number of likely N-dealkylation sites (N-methyl/N-ethyl adjacent to an activating group) is 1. The molecule has 8 heteroatoms. The summed E-state index contributed by atoms with van der Waals surface area (Å²) in [4.78, 5) is 24.7. The summed E-state index contributed by atoms with van der Waals surface area (Å²) >= 11 is 0. The van der Waals surface area contributed by atoms with E-state index in [2.05, 4.69) is 61.5 Å². The third-order valence-corrected chi connectivity index (χ3v) is 5.42. The van der Waals surface area contributed by atoms with Crippen molar-refractivity contribution >= 4 is 29.1 Å². The van der Waals surface area contributed by atoms with Gasteiger partial charge < -0.3 is 9.64 Å². The van der Waals surface area contributed by atoms with Crippen LogP contribution < -0.4 is 15.1 Å². The quantitative estimate of drug-likeness (QED) is 0.430. The third-order valence-electron chi connectivity index (χ3n) is 5.42. The number of carbonyl (C=O) groups excluding carboxylic acids is 1. The zero-order chi connectivity index (χ0) is 22.8. The Morgan fingerprint density at radius 1 is 1.29 bits per heavy atom. The fraction of sp³-hybridized carbons (Fsp3) is 0.304. The van der Waals surface area contributed by atoms with E-state index >= 15 is 0 Å². The van der Waals surface area contributed by atoms with Gasteiger partial charge in [-0.3, -0.25) is 14.9 Å². The number of nitrogens with zero attached hydrogens (tertiary/aromatic N) is 3. The fourth-order valence-corrected chi connectivity index (χ4v) is 3.54. The molecule has 1 amide bonds. The number of benzene rings is 2. The molecule has 0 radical (unpaired) electrons. The number of hydrogen-bond acceptors (Lipinski definition) is 6. The molecule has 1 N–H and O–H groups in total. The van der Waals surface area contributed by atoms with Crippen LogP contribution >= 0.6 is 0 Å². The number of allylic oxidation sites excluding steroid dienone is 1. The van der Waals surface area contributed by atoms with E-state index in [9.17, 15) is 14.9 Å². The molecule has 1 heterocycles. The number of nitrogens with one attached hydrogen (secondary N) is 1. The first-order chi connectivity index (χ1) is 14.6. The van der Waals surface area contributed by atoms with Crippen molar-refractivity contribution in [1.29, 1.82) is 0 Å². The number of para-hydroxylation sites is 2. The molecule has 2 aromatic carbocycles. The third kappa shape index (κ3) is 4.74. The van der Waals surface area contributed by atoms with E-state index in [1.807, 2.05) is 6.92 Å². The summed E-state index contributed by atoms with van der Waals surface area (Å²) in [6.07, 6.45) is 3.82. The molecule has 1 aliphatic rings. The minimum absolute atomic E-state index is 0.0338. The molecule has 31 heavy (non-hydrogen) atoms. The Kier molecular flexibility index (Phi) is 6.10. The minimum Gasteiger partial charge on any atom is -0.477 e. The topological polar surface area (TPSA) is 97.1 Å². The highest BCUT2D eigenvalue weighted by Gasteiger charge is 2.28. The lowest BCUT2D eigenvalue weighted by Gasteiger charge is -2.41. The van der Waals surface area contributed by atoms with Crippen LogP contribution in [0, 0.1) is 17.0 Å². The molecular weight excluding hydrogens is 396 g/mol. The zero-order valence-corrected chi connectivity index (χ0v) is 18.3. The Labute approximate surface area is 181 Å². The molecular formula is C23H26N4O4. The Morgan fingerprint density at radius 2 is 2.00 bits per heavy atom. The summed E-state index contributed by atoms with van der Waals surface area (Å²) in [7, 11) is 2.08. The first-order valence-corrected chi connectivity index (χ1v) is 9.86. The monoisotopic (exact) mass is 422 g/mol. The van der Waals surface area contributed by atoms with E-state index in [0.29, 0.717) is 0 Å². The van der Waals surface area contributed by atoms with E-state index in [4.69, 9.17) is 4.74 Å². The number of ether oxygens (including phenoxy) is 1. The number of hydrogen-bond donors (Lipinski definition) is 1. The molecule has 0 bridgehead atoms. The lowest BCUT2D eigenvalue weighted by atomic mass is 9.87. The maximum atomic E-state index is 12.0. The van der Waals surface area contributed by atoms with Crippen LogP contribution in [0.2, 0.25) is 0 Å². The van der Waals surface area contributed by atoms with Gasteiger partial charge in [0, 0.05) is 24.4 Å². The van der Waals surface area contributed by atoms with E-state index in [0.717, 1.165) is 22.4 Å². The van der Waals surface area contributed by atoms with E-state index in [1.54, 1.807) is 12.3 Å². The van der Waals surface area contributed by atoms with Gasteiger partial charge in [-0.2, -0.15) is 5.10 Å². The van der Waals surface area contributed by atoms with Crippen molar-refractivity contribution in [2.45, 2.75) is 33.2 Å². The van der Waals surface area contributed by atoms with Gasteiger partial charge >= 0.3 is 5.69 Å². The predicted octanol–water partition coefficient (Wildman–Crippen LogP) is 4.06. The summed E-state index contributed by atoms with van der Waals surface area (Å²) < 4.78 is 5.27. The molecule has 162 valence electrons. The first-order valence-electron chi connectivity index (χ1n) is 9.86. The number of amides is 1. The molecule has 2 aromatic rings. The summed E-state index contributed by atoms with van der Waals surface area (Å²) in [6, 6.07) is 10.1. The lowest BCUT2D eigenvalue weighted by molar-refractivity contribution is -0.385. The molecule has 1 aliphatic heterocycles. The van der Waals surface area contributed by atoms with Gasteiger partial charge in [0.05, 0.1) is 16.7 Å². The lowest BCUT2D eigenvalue weighted by Crippen LogP contribution is -2.42. The van der Waals surface area contributed by atoms with Gasteiger partial charge in [-0.05, 0) is 62.6 Å². The van der Waals surface area contributed by atoms with Crippen molar-refractivity contribution in [3.63, 3.8) is 0 Å². The molecule has 0 fully saturated rings. The van der Waals surface area contributed by atoms with Crippen LogP contribution in [0.4, 0.5) is 11.4 Å². The maximum absolute atomic E-state index is 12.0. The highest BCUT2D eigenvalue weighted by Crippen LogP contribution is 2.38. The highest BCUT2D eigenvalue weighted by atomic mass is 16.6. The molecule has 0 unspecified atom stereocenters. The van der Waals surface area contributed by atoms with Gasteiger partial charge in [0.15, 0.2) is 12.4 Å². The zero-order valence-electron chi connectivity index (χ0n) is 18.3. The second-order valence-electron chi connectivity index (χ2n) is 8.07. The average molecular weight is 422 g/mol. The minimum atomic E-state index is -0.556. The Hall–Kier alpha value is -3.68. The number of anilines is 1. The van der Waals surface area contributed by atoms with E-state index in [1.165, 1.54) is 23.8 Å². The molecule has 0 saturated carbocycles.